The third-order valence-electron chi connectivity index (χ3n) is 7.89. The van der Waals surface area contributed by atoms with Crippen LogP contribution in [0.15, 0.2) is 97.1 Å². The number of nitrogens with one attached hydrogen (secondary N) is 2. The molecule has 7 heteroatoms. The second-order valence-corrected chi connectivity index (χ2v) is 11.4. The third kappa shape index (κ3) is 8.07. The highest BCUT2D eigenvalue weighted by Crippen LogP contribution is 2.26. The number of carbonyl (C=O) groups is 2. The van der Waals surface area contributed by atoms with E-state index in [1.165, 1.54) is 5.56 Å². The molecular weight excluding hydrogens is 544 g/mol. The Hall–Kier alpha value is -3.97. The smallest absolute Gasteiger partial charge is 0.255 e. The molecule has 6 nitrogen and oxygen atoms in total. The average Bonchev–Trinajstić information content (AvgIpc) is 3.02. The van der Waals surface area contributed by atoms with Crippen LogP contribution in [0.25, 0.3) is 0 Å². The van der Waals surface area contributed by atoms with Gasteiger partial charge in [0.1, 0.15) is 0 Å². The molecule has 0 aromatic heterocycles. The number of piperidine rings is 1. The van der Waals surface area contributed by atoms with Gasteiger partial charge in [0.25, 0.3) is 11.8 Å². The van der Waals surface area contributed by atoms with Crippen molar-refractivity contribution in [2.24, 2.45) is 11.7 Å². The zero-order chi connectivity index (χ0) is 29.3. The first kappa shape index (κ1) is 29.5. The van der Waals surface area contributed by atoms with Gasteiger partial charge in [-0.2, -0.15) is 0 Å². The molecule has 4 aromatic carbocycles. The Kier molecular flexibility index (Phi) is 10.0. The van der Waals surface area contributed by atoms with Crippen LogP contribution in [0, 0.1) is 5.92 Å². The van der Waals surface area contributed by atoms with Crippen LogP contribution in [-0.2, 0) is 26.1 Å². The lowest BCUT2D eigenvalue weighted by atomic mass is 9.90. The topological polar surface area (TPSA) is 87.5 Å². The lowest BCUT2D eigenvalue weighted by Crippen LogP contribution is -2.34. The van der Waals surface area contributed by atoms with Gasteiger partial charge in [-0.3, -0.25) is 14.5 Å². The van der Waals surface area contributed by atoms with Gasteiger partial charge < -0.3 is 16.4 Å². The minimum atomic E-state index is -0.266. The molecule has 0 bridgehead atoms. The standard InChI is InChI=1S/C35H37ClN4O2/c36-32-8-4-7-29(20-32)35(42)39-33-21-30(34(41)38-23-28-11-9-27(22-37)10-12-28)13-14-31(33)24-40-17-15-26(16-18-40)19-25-5-2-1-3-6-25/h1-14,20-21,26H,15-19,22-24,37H2,(H,38,41)(H,39,42). The number of hydrogen-bond donors (Lipinski definition) is 3. The van der Waals surface area contributed by atoms with Gasteiger partial charge in [0.15, 0.2) is 0 Å². The molecule has 1 heterocycles. The number of anilines is 1. The van der Waals surface area contributed by atoms with Crippen LogP contribution >= 0.6 is 11.6 Å². The van der Waals surface area contributed by atoms with E-state index in [2.05, 4.69) is 45.9 Å². The Morgan fingerprint density at radius 1 is 0.786 bits per heavy atom. The van der Waals surface area contributed by atoms with Crippen molar-refractivity contribution in [3.63, 3.8) is 0 Å². The van der Waals surface area contributed by atoms with E-state index in [0.29, 0.717) is 47.4 Å². The van der Waals surface area contributed by atoms with Gasteiger partial charge in [0.2, 0.25) is 0 Å². The minimum absolute atomic E-state index is 0.204. The zero-order valence-electron chi connectivity index (χ0n) is 23.7. The van der Waals surface area contributed by atoms with Crippen LogP contribution in [0.3, 0.4) is 0 Å². The number of nitrogens with zero attached hydrogens (tertiary/aromatic N) is 1. The number of halogens is 1. The van der Waals surface area contributed by atoms with E-state index < -0.39 is 0 Å². The van der Waals surface area contributed by atoms with Crippen molar-refractivity contribution in [3.8, 4) is 0 Å². The van der Waals surface area contributed by atoms with Gasteiger partial charge in [-0.05, 0) is 90.9 Å². The summed E-state index contributed by atoms with van der Waals surface area (Å²) in [6.45, 7) is 3.55. The fourth-order valence-electron chi connectivity index (χ4n) is 5.41. The van der Waals surface area contributed by atoms with Gasteiger partial charge in [-0.15, -0.1) is 0 Å². The fraction of sp³-hybridized carbons (Fsp3) is 0.257. The van der Waals surface area contributed by atoms with Crippen molar-refractivity contribution in [1.29, 1.82) is 0 Å². The summed E-state index contributed by atoms with van der Waals surface area (Å²) >= 11 is 6.14. The first-order chi connectivity index (χ1) is 20.5. The Morgan fingerprint density at radius 2 is 1.50 bits per heavy atom. The molecule has 5 rings (SSSR count). The van der Waals surface area contributed by atoms with Gasteiger partial charge >= 0.3 is 0 Å². The summed E-state index contributed by atoms with van der Waals surface area (Å²) in [4.78, 5) is 28.7. The molecule has 42 heavy (non-hydrogen) atoms. The van der Waals surface area contributed by atoms with E-state index in [0.717, 1.165) is 49.0 Å². The van der Waals surface area contributed by atoms with E-state index >= 15 is 0 Å². The van der Waals surface area contributed by atoms with Crippen molar-refractivity contribution in [3.05, 3.63) is 135 Å². The number of amides is 2. The second-order valence-electron chi connectivity index (χ2n) is 10.9. The Morgan fingerprint density at radius 3 is 2.21 bits per heavy atom. The first-order valence-electron chi connectivity index (χ1n) is 14.5. The first-order valence-corrected chi connectivity index (χ1v) is 14.9. The Labute approximate surface area is 252 Å². The van der Waals surface area contributed by atoms with E-state index in [-0.39, 0.29) is 11.8 Å². The summed E-state index contributed by atoms with van der Waals surface area (Å²) in [5.41, 5.74) is 11.7. The van der Waals surface area contributed by atoms with Gasteiger partial charge in [0.05, 0.1) is 0 Å². The molecule has 216 valence electrons. The quantitative estimate of drug-likeness (QED) is 0.201. The van der Waals surface area contributed by atoms with Crippen molar-refractivity contribution in [2.75, 3.05) is 18.4 Å². The Balaban J connectivity index is 1.28. The molecule has 1 aliphatic heterocycles. The van der Waals surface area contributed by atoms with Crippen LogP contribution in [-0.4, -0.2) is 29.8 Å². The SMILES string of the molecule is NCc1ccc(CNC(=O)c2ccc(CN3CCC(Cc4ccccc4)CC3)c(NC(=O)c3cccc(Cl)c3)c2)cc1. The van der Waals surface area contributed by atoms with Crippen LogP contribution in [0.1, 0.15) is 55.8 Å². The van der Waals surface area contributed by atoms with Crippen molar-refractivity contribution >= 4 is 29.1 Å². The highest BCUT2D eigenvalue weighted by Gasteiger charge is 2.21. The highest BCUT2D eigenvalue weighted by molar-refractivity contribution is 6.31. The number of likely N-dealkylation sites (tertiary alicyclic amines) is 1. The maximum Gasteiger partial charge on any atom is 0.255 e. The van der Waals surface area contributed by atoms with Crippen molar-refractivity contribution in [2.45, 2.75) is 38.9 Å². The molecule has 0 spiro atoms. The third-order valence-corrected chi connectivity index (χ3v) is 8.12. The molecule has 1 fully saturated rings. The summed E-state index contributed by atoms with van der Waals surface area (Å²) in [5.74, 6) is 0.200. The number of rotatable bonds is 10. The average molecular weight is 581 g/mol. The second kappa shape index (κ2) is 14.3. The zero-order valence-corrected chi connectivity index (χ0v) is 24.4. The van der Waals surface area contributed by atoms with Gasteiger partial charge in [-0.25, -0.2) is 0 Å². The van der Waals surface area contributed by atoms with E-state index in [9.17, 15) is 9.59 Å². The molecule has 0 atom stereocenters. The summed E-state index contributed by atoms with van der Waals surface area (Å²) in [7, 11) is 0. The predicted octanol–water partition coefficient (Wildman–Crippen LogP) is 6.44. The van der Waals surface area contributed by atoms with E-state index in [1.54, 1.807) is 30.3 Å². The fourth-order valence-corrected chi connectivity index (χ4v) is 5.60. The van der Waals surface area contributed by atoms with E-state index in [1.807, 2.05) is 36.4 Å². The minimum Gasteiger partial charge on any atom is -0.348 e. The van der Waals surface area contributed by atoms with Crippen LogP contribution in [0.4, 0.5) is 5.69 Å². The monoisotopic (exact) mass is 580 g/mol. The molecule has 4 aromatic rings. The lowest BCUT2D eigenvalue weighted by molar-refractivity contribution is 0.0949. The number of hydrogen-bond acceptors (Lipinski definition) is 4. The maximum absolute atomic E-state index is 13.2. The molecular formula is C35H37ClN4O2. The van der Waals surface area contributed by atoms with Crippen molar-refractivity contribution < 1.29 is 9.59 Å². The van der Waals surface area contributed by atoms with E-state index in [4.69, 9.17) is 17.3 Å². The molecule has 1 saturated heterocycles. The van der Waals surface area contributed by atoms with Crippen LogP contribution in [0.5, 0.6) is 0 Å². The summed E-state index contributed by atoms with van der Waals surface area (Å²) in [6.07, 6.45) is 3.37. The Bertz CT molecular complexity index is 1500. The van der Waals surface area contributed by atoms with Crippen LogP contribution in [0.2, 0.25) is 5.02 Å². The summed E-state index contributed by atoms with van der Waals surface area (Å²) < 4.78 is 0. The number of benzene rings is 4. The molecule has 4 N–H and O–H groups in total. The lowest BCUT2D eigenvalue weighted by Gasteiger charge is -2.32. The number of carbonyl (C=O) groups excluding carboxylic acids is 2. The van der Waals surface area contributed by atoms with Gasteiger partial charge in [0, 0.05) is 41.5 Å². The summed E-state index contributed by atoms with van der Waals surface area (Å²) in [5, 5.41) is 6.53. The van der Waals surface area contributed by atoms with Crippen molar-refractivity contribution in [1.82, 2.24) is 10.2 Å². The number of nitrogens with two attached hydrogens (primary N) is 1. The normalized spacial score (nSPS) is 14.0. The largest absolute Gasteiger partial charge is 0.348 e. The molecule has 2 amide bonds. The predicted molar refractivity (Wildman–Crippen MR) is 169 cm³/mol. The molecule has 0 radical (unpaired) electrons. The molecule has 0 saturated carbocycles. The molecule has 1 aliphatic rings. The van der Waals surface area contributed by atoms with Gasteiger partial charge in [-0.1, -0.05) is 78.3 Å². The molecule has 0 aliphatic carbocycles. The molecule has 0 unspecified atom stereocenters. The summed E-state index contributed by atoms with van der Waals surface area (Å²) in [6, 6.07) is 30.9. The highest BCUT2D eigenvalue weighted by atomic mass is 35.5. The maximum atomic E-state index is 13.2. The van der Waals surface area contributed by atoms with Crippen LogP contribution < -0.4 is 16.4 Å².